The Bertz CT molecular complexity index is 1750. The molecule has 0 bridgehead atoms. The number of hydrogen-bond acceptors (Lipinski definition) is 14. The largest absolute Gasteiger partial charge is 0.514 e. The number of aliphatic hydroxyl groups is 1. The zero-order valence-corrected chi connectivity index (χ0v) is 31.5. The van der Waals surface area contributed by atoms with E-state index in [0.717, 1.165) is 0 Å². The van der Waals surface area contributed by atoms with Crippen molar-refractivity contribution in [3.05, 3.63) is 63.7 Å². The first-order chi connectivity index (χ1) is 25.9. The molecule has 0 amide bonds. The Balaban J connectivity index is 1.23. The summed E-state index contributed by atoms with van der Waals surface area (Å²) >= 11 is 0. The molecule has 0 unspecified atom stereocenters. The average molecular weight is 773 g/mol. The maximum atomic E-state index is 17.7. The molecule has 0 aromatic heterocycles. The van der Waals surface area contributed by atoms with Crippen molar-refractivity contribution in [1.82, 2.24) is 0 Å². The summed E-state index contributed by atoms with van der Waals surface area (Å²) in [5, 5.41) is 21.0. The number of Topliss-reactive ketones (excluding diaryl/α,β-unsaturated/α-hetero) is 1. The molecule has 3 saturated carbocycles. The first kappa shape index (κ1) is 41.5. The fraction of sp³-hybridized carbons (Fsp3) is 0.615. The van der Waals surface area contributed by atoms with Gasteiger partial charge in [-0.25, -0.2) is 9.18 Å². The number of allylic oxidation sites excluding steroid dienone is 4. The molecule has 5 rings (SSSR count). The fourth-order valence-electron chi connectivity index (χ4n) is 9.66. The summed E-state index contributed by atoms with van der Waals surface area (Å²) in [7, 11) is 0. The maximum absolute atomic E-state index is 17.7. The van der Waals surface area contributed by atoms with Crippen molar-refractivity contribution in [1.29, 1.82) is 0 Å². The Morgan fingerprint density at radius 1 is 1.09 bits per heavy atom. The van der Waals surface area contributed by atoms with Crippen molar-refractivity contribution in [2.24, 2.45) is 34.3 Å². The van der Waals surface area contributed by atoms with Crippen LogP contribution in [0.3, 0.4) is 0 Å². The van der Waals surface area contributed by atoms with E-state index in [4.69, 9.17) is 24.7 Å². The van der Waals surface area contributed by atoms with E-state index in [0.29, 0.717) is 43.2 Å². The number of carbonyl (C=O) groups is 5. The van der Waals surface area contributed by atoms with Crippen molar-refractivity contribution in [3.8, 4) is 5.75 Å². The normalized spacial score (nSPS) is 32.5. The predicted molar refractivity (Wildman–Crippen MR) is 190 cm³/mol. The second-order valence-electron chi connectivity index (χ2n) is 15.4. The van der Waals surface area contributed by atoms with Gasteiger partial charge < -0.3 is 34.6 Å². The van der Waals surface area contributed by atoms with Crippen LogP contribution in [0.4, 0.5) is 9.18 Å². The molecule has 1 aromatic rings. The molecule has 0 heterocycles. The third kappa shape index (κ3) is 7.62. The number of ether oxygens (including phenoxy) is 4. The summed E-state index contributed by atoms with van der Waals surface area (Å²) in [5.41, 5.74) is 0.711. The number of benzene rings is 1. The first-order valence-corrected chi connectivity index (χ1v) is 18.6. The first-order valence-electron chi connectivity index (χ1n) is 18.6. The van der Waals surface area contributed by atoms with Gasteiger partial charge in [0.2, 0.25) is 5.78 Å². The Morgan fingerprint density at radius 2 is 1.78 bits per heavy atom. The number of ketones is 2. The third-order valence-electron chi connectivity index (χ3n) is 12.3. The molecule has 3 N–H and O–H groups in total. The van der Waals surface area contributed by atoms with Crippen LogP contribution in [0, 0.1) is 38.7 Å². The van der Waals surface area contributed by atoms with E-state index in [1.807, 2.05) is 0 Å². The van der Waals surface area contributed by atoms with Crippen LogP contribution in [0.15, 0.2) is 48.1 Å². The molecule has 0 spiro atoms. The number of aliphatic hydroxyl groups excluding tert-OH is 1. The van der Waals surface area contributed by atoms with Crippen LogP contribution in [-0.2, 0) is 44.6 Å². The van der Waals surface area contributed by atoms with Crippen molar-refractivity contribution in [3.63, 3.8) is 0 Å². The van der Waals surface area contributed by atoms with E-state index in [9.17, 15) is 39.2 Å². The van der Waals surface area contributed by atoms with Gasteiger partial charge in [-0.05, 0) is 87.6 Å². The number of alkyl halides is 1. The van der Waals surface area contributed by atoms with Crippen LogP contribution in [0.1, 0.15) is 78.2 Å². The molecule has 9 atom stereocenters. The molecule has 4 aliphatic rings. The Labute approximate surface area is 317 Å². The molecule has 4 aliphatic carbocycles. The van der Waals surface area contributed by atoms with Crippen LogP contribution in [0.25, 0.3) is 0 Å². The van der Waals surface area contributed by atoms with E-state index in [1.54, 1.807) is 45.9 Å². The maximum Gasteiger partial charge on any atom is 0.514 e. The summed E-state index contributed by atoms with van der Waals surface area (Å²) in [6.07, 6.45) is 3.08. The molecular formula is C39H49FN2O13. The molecule has 0 saturated heterocycles. The quantitative estimate of drug-likeness (QED) is 0.0627. The van der Waals surface area contributed by atoms with Gasteiger partial charge in [0.1, 0.15) is 11.8 Å². The molecule has 16 heteroatoms. The standard InChI is InChI=1S/C39H49FN2O13/c1-5-33(46)55-39(23(2)18-29-28-13-10-25-20-26(43)14-15-36(25,3)38(28,40)31(44)21-37(29,39)4)32(45)22-52-35(48)54-27-11-8-24(9-12-27)19-30(41)34(47)51-16-6-7-17-53-42(49)50/h8-9,11-12,14-15,20,23,28-31,44H,5-7,10,13,16-19,21-22,41H2,1-4H3/t23-,28-,29-,30-,31-,36-,37-,38-,39+/m0/s1. The number of unbranched alkanes of at least 4 members (excludes halogenated alkanes) is 1. The van der Waals surface area contributed by atoms with Gasteiger partial charge in [0, 0.05) is 29.1 Å². The van der Waals surface area contributed by atoms with E-state index in [2.05, 4.69) is 4.84 Å². The predicted octanol–water partition coefficient (Wildman–Crippen LogP) is 4.48. The molecule has 0 radical (unpaired) electrons. The zero-order valence-electron chi connectivity index (χ0n) is 31.5. The summed E-state index contributed by atoms with van der Waals surface area (Å²) in [6.45, 7) is 5.84. The minimum Gasteiger partial charge on any atom is -0.465 e. The lowest BCUT2D eigenvalue weighted by Crippen LogP contribution is -2.70. The molecule has 3 fully saturated rings. The number of nitrogens with two attached hydrogens (primary N) is 1. The number of carbonyl (C=O) groups excluding carboxylic acids is 5. The van der Waals surface area contributed by atoms with Crippen LogP contribution >= 0.6 is 0 Å². The third-order valence-corrected chi connectivity index (χ3v) is 12.3. The van der Waals surface area contributed by atoms with E-state index >= 15 is 4.39 Å². The van der Waals surface area contributed by atoms with Crippen molar-refractivity contribution < 1.29 is 62.3 Å². The van der Waals surface area contributed by atoms with Gasteiger partial charge in [0.15, 0.2) is 23.7 Å². The average Bonchev–Trinajstić information content (AvgIpc) is 3.35. The van der Waals surface area contributed by atoms with Crippen molar-refractivity contribution in [2.45, 2.75) is 102 Å². The van der Waals surface area contributed by atoms with E-state index < -0.39 is 87.6 Å². The van der Waals surface area contributed by atoms with Crippen LogP contribution in [-0.4, -0.2) is 83.1 Å². The van der Waals surface area contributed by atoms with Gasteiger partial charge in [0.05, 0.1) is 19.3 Å². The molecule has 300 valence electrons. The number of hydrogen-bond donors (Lipinski definition) is 2. The highest BCUT2D eigenvalue weighted by Gasteiger charge is 2.77. The highest BCUT2D eigenvalue weighted by atomic mass is 19.1. The Morgan fingerprint density at radius 3 is 2.45 bits per heavy atom. The number of fused-ring (bicyclic) bond motifs is 5. The number of rotatable bonds is 15. The monoisotopic (exact) mass is 772 g/mol. The topological polar surface area (TPSA) is 221 Å². The zero-order chi connectivity index (χ0) is 40.3. The van der Waals surface area contributed by atoms with Crippen molar-refractivity contribution in [2.75, 3.05) is 19.8 Å². The highest BCUT2D eigenvalue weighted by molar-refractivity contribution is 6.01. The highest BCUT2D eigenvalue weighted by Crippen LogP contribution is 2.71. The lowest BCUT2D eigenvalue weighted by molar-refractivity contribution is -0.757. The van der Waals surface area contributed by atoms with Crippen LogP contribution < -0.4 is 10.5 Å². The fourth-order valence-corrected chi connectivity index (χ4v) is 9.66. The van der Waals surface area contributed by atoms with Crippen molar-refractivity contribution >= 4 is 29.7 Å². The van der Waals surface area contributed by atoms with Gasteiger partial charge in [-0.2, -0.15) is 0 Å². The van der Waals surface area contributed by atoms with E-state index in [1.165, 1.54) is 24.3 Å². The van der Waals surface area contributed by atoms with Gasteiger partial charge in [0.25, 0.3) is 5.09 Å². The second-order valence-corrected chi connectivity index (χ2v) is 15.4. The molecular weight excluding hydrogens is 723 g/mol. The van der Waals surface area contributed by atoms with Crippen LogP contribution in [0.2, 0.25) is 0 Å². The Hall–Kier alpha value is -4.70. The van der Waals surface area contributed by atoms with Gasteiger partial charge >= 0.3 is 18.1 Å². The van der Waals surface area contributed by atoms with Gasteiger partial charge in [-0.15, -0.1) is 10.1 Å². The molecule has 15 nitrogen and oxygen atoms in total. The second kappa shape index (κ2) is 16.2. The number of nitrogens with zero attached hydrogens (tertiary/aromatic N) is 1. The SMILES string of the molecule is CCC(=O)O[C@@]1(C(=O)COC(=O)Oc2ccc(C[C@H](N)C(=O)OCCCCO[N+](=O)[O-])cc2)[C@@H](C)C[C@H]2[C@@H]3CCC4=CC(=O)C=C[C@]4(C)[C@@]3(F)[C@@H](O)C[C@@]21C. The van der Waals surface area contributed by atoms with Gasteiger partial charge in [-0.3, -0.25) is 19.2 Å². The summed E-state index contributed by atoms with van der Waals surface area (Å²) in [6, 6.07) is 5.03. The number of esters is 2. The van der Waals surface area contributed by atoms with Crippen LogP contribution in [0.5, 0.6) is 5.75 Å². The summed E-state index contributed by atoms with van der Waals surface area (Å²) in [4.78, 5) is 79.0. The molecule has 1 aromatic carbocycles. The Kier molecular flexibility index (Phi) is 12.2. The minimum atomic E-state index is -2.16. The lowest BCUT2D eigenvalue weighted by Gasteiger charge is -2.62. The van der Waals surface area contributed by atoms with E-state index in [-0.39, 0.29) is 44.0 Å². The summed E-state index contributed by atoms with van der Waals surface area (Å²) in [5.74, 6) is -4.07. The van der Waals surface area contributed by atoms with Gasteiger partial charge in [-0.1, -0.05) is 44.6 Å². The summed E-state index contributed by atoms with van der Waals surface area (Å²) < 4.78 is 39.4. The minimum absolute atomic E-state index is 0.0205. The number of halogens is 1. The lowest BCUT2D eigenvalue weighted by atomic mass is 9.44. The smallest absolute Gasteiger partial charge is 0.465 e. The molecule has 55 heavy (non-hydrogen) atoms. The molecule has 0 aliphatic heterocycles.